The van der Waals surface area contributed by atoms with Gasteiger partial charge in [0.05, 0.1) is 0 Å². The summed E-state index contributed by atoms with van der Waals surface area (Å²) in [5.74, 6) is 6.32. The van der Waals surface area contributed by atoms with Crippen molar-refractivity contribution < 1.29 is 0 Å². The predicted molar refractivity (Wildman–Crippen MR) is 76.4 cm³/mol. The van der Waals surface area contributed by atoms with Gasteiger partial charge in [0.2, 0.25) is 0 Å². The number of alkyl halides is 1. The number of benzene rings is 2. The summed E-state index contributed by atoms with van der Waals surface area (Å²) in [6, 6.07) is 18.5. The number of aryl methyl sites for hydroxylation is 1. The molecule has 0 saturated heterocycles. The molecule has 84 valence electrons. The first-order valence-corrected chi connectivity index (χ1v) is 6.72. The molecule has 0 radical (unpaired) electrons. The second-order valence-corrected chi connectivity index (χ2v) is 4.54. The normalized spacial score (nSPS) is 9.47. The third-order valence-corrected chi connectivity index (χ3v) is 2.86. The molecule has 2 rings (SSSR count). The highest BCUT2D eigenvalue weighted by atomic mass is 79.9. The van der Waals surface area contributed by atoms with E-state index < -0.39 is 0 Å². The van der Waals surface area contributed by atoms with E-state index in [4.69, 9.17) is 0 Å². The molecule has 0 unspecified atom stereocenters. The lowest BCUT2D eigenvalue weighted by molar-refractivity contribution is 1.17. The largest absolute Gasteiger partial charge is 0.0924 e. The minimum absolute atomic E-state index is 1.00. The minimum atomic E-state index is 1.00. The van der Waals surface area contributed by atoms with E-state index in [1.807, 2.05) is 30.3 Å². The molecule has 0 N–H and O–H groups in total. The molecule has 0 fully saturated rings. The van der Waals surface area contributed by atoms with Gasteiger partial charge in [-0.15, -0.1) is 0 Å². The highest BCUT2D eigenvalue weighted by Crippen LogP contribution is 2.05. The van der Waals surface area contributed by atoms with Crippen LogP contribution in [0.25, 0.3) is 0 Å². The van der Waals surface area contributed by atoms with Crippen LogP contribution >= 0.6 is 15.9 Å². The van der Waals surface area contributed by atoms with Crippen molar-refractivity contribution in [3.05, 3.63) is 71.3 Å². The zero-order valence-corrected chi connectivity index (χ0v) is 11.1. The molecule has 0 atom stereocenters. The van der Waals surface area contributed by atoms with Gasteiger partial charge in [-0.05, 0) is 36.2 Å². The first kappa shape index (κ1) is 12.0. The molecule has 1 heteroatoms. The van der Waals surface area contributed by atoms with Gasteiger partial charge in [0.15, 0.2) is 0 Å². The Morgan fingerprint density at radius 1 is 0.765 bits per heavy atom. The van der Waals surface area contributed by atoms with Crippen LogP contribution in [0.5, 0.6) is 0 Å². The molecular formula is C16H13Br. The first-order valence-electron chi connectivity index (χ1n) is 5.60. The van der Waals surface area contributed by atoms with Gasteiger partial charge in [0, 0.05) is 16.5 Å². The maximum atomic E-state index is 3.44. The molecule has 0 aliphatic carbocycles. The van der Waals surface area contributed by atoms with E-state index in [0.29, 0.717) is 0 Å². The van der Waals surface area contributed by atoms with Crippen LogP contribution in [0, 0.1) is 11.8 Å². The van der Waals surface area contributed by atoms with E-state index in [1.165, 1.54) is 5.56 Å². The molecule has 0 aromatic heterocycles. The SMILES string of the molecule is BrCCc1ccc(C#Cc2ccccc2)cc1. The van der Waals surface area contributed by atoms with Crippen molar-refractivity contribution in [2.45, 2.75) is 6.42 Å². The van der Waals surface area contributed by atoms with Crippen molar-refractivity contribution in [3.8, 4) is 11.8 Å². The van der Waals surface area contributed by atoms with Crippen molar-refractivity contribution in [2.75, 3.05) is 5.33 Å². The van der Waals surface area contributed by atoms with E-state index in [2.05, 4.69) is 52.0 Å². The second-order valence-electron chi connectivity index (χ2n) is 3.75. The summed E-state index contributed by atoms with van der Waals surface area (Å²) in [7, 11) is 0. The zero-order valence-electron chi connectivity index (χ0n) is 9.49. The summed E-state index contributed by atoms with van der Waals surface area (Å²) in [6.45, 7) is 0. The molecule has 0 heterocycles. The van der Waals surface area contributed by atoms with Crippen molar-refractivity contribution in [1.82, 2.24) is 0 Å². The Hall–Kier alpha value is -1.52. The van der Waals surface area contributed by atoms with Gasteiger partial charge < -0.3 is 0 Å². The third-order valence-electron chi connectivity index (χ3n) is 2.46. The van der Waals surface area contributed by atoms with E-state index >= 15 is 0 Å². The average Bonchev–Trinajstić information content (AvgIpc) is 2.40. The lowest BCUT2D eigenvalue weighted by Crippen LogP contribution is -1.85. The van der Waals surface area contributed by atoms with Crippen LogP contribution in [-0.4, -0.2) is 5.33 Å². The molecule has 0 aliphatic rings. The Kier molecular flexibility index (Phi) is 4.41. The highest BCUT2D eigenvalue weighted by Gasteiger charge is 1.91. The Morgan fingerprint density at radius 3 is 1.94 bits per heavy atom. The molecule has 0 nitrogen and oxygen atoms in total. The fourth-order valence-corrected chi connectivity index (χ4v) is 1.99. The monoisotopic (exact) mass is 284 g/mol. The number of hydrogen-bond acceptors (Lipinski definition) is 0. The fourth-order valence-electron chi connectivity index (χ4n) is 1.53. The van der Waals surface area contributed by atoms with Crippen LogP contribution in [-0.2, 0) is 6.42 Å². The van der Waals surface area contributed by atoms with E-state index in [-0.39, 0.29) is 0 Å². The smallest absolute Gasteiger partial charge is 0.0249 e. The summed E-state index contributed by atoms with van der Waals surface area (Å²) in [4.78, 5) is 0. The Balaban J connectivity index is 2.12. The maximum absolute atomic E-state index is 3.44. The van der Waals surface area contributed by atoms with E-state index in [9.17, 15) is 0 Å². The summed E-state index contributed by atoms with van der Waals surface area (Å²) < 4.78 is 0. The van der Waals surface area contributed by atoms with Gasteiger partial charge in [0.25, 0.3) is 0 Å². The van der Waals surface area contributed by atoms with Crippen molar-refractivity contribution in [3.63, 3.8) is 0 Å². The van der Waals surface area contributed by atoms with Gasteiger partial charge in [-0.25, -0.2) is 0 Å². The quantitative estimate of drug-likeness (QED) is 0.577. The Morgan fingerprint density at radius 2 is 1.35 bits per heavy atom. The molecular weight excluding hydrogens is 272 g/mol. The zero-order chi connectivity index (χ0) is 11.9. The maximum Gasteiger partial charge on any atom is 0.0249 e. The van der Waals surface area contributed by atoms with Crippen molar-refractivity contribution >= 4 is 15.9 Å². The van der Waals surface area contributed by atoms with E-state index in [1.54, 1.807) is 0 Å². The highest BCUT2D eigenvalue weighted by molar-refractivity contribution is 9.09. The van der Waals surface area contributed by atoms with Crippen LogP contribution < -0.4 is 0 Å². The summed E-state index contributed by atoms with van der Waals surface area (Å²) in [5, 5.41) is 1.00. The molecule has 0 amide bonds. The fraction of sp³-hybridized carbons (Fsp3) is 0.125. The molecule has 0 spiro atoms. The third kappa shape index (κ3) is 3.76. The Bertz CT molecular complexity index is 515. The first-order chi connectivity index (χ1) is 8.38. The molecule has 0 bridgehead atoms. The molecule has 2 aromatic carbocycles. The predicted octanol–water partition coefficient (Wildman–Crippen LogP) is 4.02. The number of halogens is 1. The van der Waals surface area contributed by atoms with Gasteiger partial charge in [-0.3, -0.25) is 0 Å². The second kappa shape index (κ2) is 6.27. The average molecular weight is 285 g/mol. The Labute approximate surface area is 111 Å². The van der Waals surface area contributed by atoms with Gasteiger partial charge in [0.1, 0.15) is 0 Å². The van der Waals surface area contributed by atoms with Crippen molar-refractivity contribution in [2.24, 2.45) is 0 Å². The van der Waals surface area contributed by atoms with Crippen LogP contribution in [0.4, 0.5) is 0 Å². The number of hydrogen-bond donors (Lipinski definition) is 0. The molecule has 2 aromatic rings. The summed E-state index contributed by atoms with van der Waals surface area (Å²) in [5.41, 5.74) is 3.45. The topological polar surface area (TPSA) is 0 Å². The standard InChI is InChI=1S/C16H13Br/c17-13-12-16-10-8-15(9-11-16)7-6-14-4-2-1-3-5-14/h1-5,8-11H,12-13H2. The summed E-state index contributed by atoms with van der Waals surface area (Å²) >= 11 is 3.44. The lowest BCUT2D eigenvalue weighted by Gasteiger charge is -1.96. The molecule has 0 aliphatic heterocycles. The van der Waals surface area contributed by atoms with Crippen LogP contribution in [0.3, 0.4) is 0 Å². The lowest BCUT2D eigenvalue weighted by atomic mass is 10.1. The van der Waals surface area contributed by atoms with Crippen LogP contribution in [0.2, 0.25) is 0 Å². The van der Waals surface area contributed by atoms with Crippen LogP contribution in [0.15, 0.2) is 54.6 Å². The summed E-state index contributed by atoms with van der Waals surface area (Å²) in [6.07, 6.45) is 1.06. The van der Waals surface area contributed by atoms with E-state index in [0.717, 1.165) is 22.9 Å². The minimum Gasteiger partial charge on any atom is -0.0924 e. The van der Waals surface area contributed by atoms with Gasteiger partial charge >= 0.3 is 0 Å². The van der Waals surface area contributed by atoms with Gasteiger partial charge in [-0.2, -0.15) is 0 Å². The van der Waals surface area contributed by atoms with Gasteiger partial charge in [-0.1, -0.05) is 58.1 Å². The number of rotatable bonds is 2. The van der Waals surface area contributed by atoms with Crippen molar-refractivity contribution in [1.29, 1.82) is 0 Å². The molecule has 17 heavy (non-hydrogen) atoms. The molecule has 0 saturated carbocycles. The van der Waals surface area contributed by atoms with Crippen LogP contribution in [0.1, 0.15) is 16.7 Å².